The summed E-state index contributed by atoms with van der Waals surface area (Å²) < 4.78 is 35.0. The number of hydrogen-bond acceptors (Lipinski definition) is 5. The largest absolute Gasteiger partial charge is 0.378 e. The Morgan fingerprint density at radius 2 is 1.83 bits per heavy atom. The lowest BCUT2D eigenvalue weighted by Gasteiger charge is -2.29. The zero-order chi connectivity index (χ0) is 21.3. The first-order chi connectivity index (χ1) is 14.4. The van der Waals surface area contributed by atoms with Gasteiger partial charge in [0, 0.05) is 50.9 Å². The molecular weight excluding hydrogens is 404 g/mol. The van der Waals surface area contributed by atoms with Crippen LogP contribution in [0.5, 0.6) is 0 Å². The van der Waals surface area contributed by atoms with Crippen molar-refractivity contribution >= 4 is 15.9 Å². The van der Waals surface area contributed by atoms with Crippen LogP contribution >= 0.6 is 0 Å². The SMILES string of the molecule is CCCc1ccc(S(=O)(=O)N2CCc3c(c(C(=O)N4CCOCC4)nn3C)C2)cc1. The molecule has 0 spiro atoms. The number of nitrogens with zero attached hydrogens (tertiary/aromatic N) is 4. The summed E-state index contributed by atoms with van der Waals surface area (Å²) in [6.07, 6.45) is 2.47. The van der Waals surface area contributed by atoms with Crippen molar-refractivity contribution in [2.75, 3.05) is 32.8 Å². The molecule has 9 heteroatoms. The van der Waals surface area contributed by atoms with E-state index in [2.05, 4.69) is 12.0 Å². The lowest BCUT2D eigenvalue weighted by atomic mass is 10.1. The maximum Gasteiger partial charge on any atom is 0.274 e. The molecule has 0 aliphatic carbocycles. The highest BCUT2D eigenvalue weighted by Gasteiger charge is 2.34. The molecule has 0 bridgehead atoms. The predicted molar refractivity (Wildman–Crippen MR) is 112 cm³/mol. The van der Waals surface area contributed by atoms with Crippen LogP contribution < -0.4 is 0 Å². The number of aryl methyl sites for hydroxylation is 2. The lowest BCUT2D eigenvalue weighted by Crippen LogP contribution is -2.42. The van der Waals surface area contributed by atoms with E-state index < -0.39 is 10.0 Å². The van der Waals surface area contributed by atoms with Crippen LogP contribution in [0.3, 0.4) is 0 Å². The van der Waals surface area contributed by atoms with Crippen molar-refractivity contribution in [3.63, 3.8) is 0 Å². The first kappa shape index (κ1) is 21.0. The van der Waals surface area contributed by atoms with Crippen molar-refractivity contribution < 1.29 is 17.9 Å². The first-order valence-electron chi connectivity index (χ1n) is 10.4. The van der Waals surface area contributed by atoms with Gasteiger partial charge in [0.05, 0.1) is 18.1 Å². The van der Waals surface area contributed by atoms with E-state index in [0.29, 0.717) is 50.5 Å². The van der Waals surface area contributed by atoms with Crippen molar-refractivity contribution in [3.05, 3.63) is 46.8 Å². The monoisotopic (exact) mass is 432 g/mol. The standard InChI is InChI=1S/C21H28N4O4S/c1-3-4-16-5-7-17(8-6-16)30(27,28)25-10-9-19-18(15-25)20(22-23(19)2)21(26)24-11-13-29-14-12-24/h5-8H,3-4,9-15H2,1-2H3. The summed E-state index contributed by atoms with van der Waals surface area (Å²) in [7, 11) is -1.83. The molecule has 2 aromatic rings. The fraction of sp³-hybridized carbons (Fsp3) is 0.524. The van der Waals surface area contributed by atoms with E-state index >= 15 is 0 Å². The molecule has 4 rings (SSSR count). The summed E-state index contributed by atoms with van der Waals surface area (Å²) in [5.74, 6) is -0.154. The number of amides is 1. The number of hydrogen-bond donors (Lipinski definition) is 0. The Morgan fingerprint density at radius 3 is 2.50 bits per heavy atom. The molecule has 1 aromatic carbocycles. The van der Waals surface area contributed by atoms with Crippen LogP contribution in [0.15, 0.2) is 29.2 Å². The van der Waals surface area contributed by atoms with E-state index in [1.165, 1.54) is 4.31 Å². The molecule has 0 N–H and O–H groups in total. The Kier molecular flexibility index (Phi) is 5.95. The second kappa shape index (κ2) is 8.49. The normalized spacial score (nSPS) is 17.7. The summed E-state index contributed by atoms with van der Waals surface area (Å²) in [6, 6.07) is 7.12. The quantitative estimate of drug-likeness (QED) is 0.716. The van der Waals surface area contributed by atoms with E-state index in [9.17, 15) is 13.2 Å². The second-order valence-electron chi connectivity index (χ2n) is 7.78. The maximum atomic E-state index is 13.2. The van der Waals surface area contributed by atoms with Crippen LogP contribution in [0.1, 0.15) is 40.7 Å². The van der Waals surface area contributed by atoms with Crippen molar-refractivity contribution in [3.8, 4) is 0 Å². The molecule has 0 saturated carbocycles. The van der Waals surface area contributed by atoms with Gasteiger partial charge in [0.15, 0.2) is 5.69 Å². The highest BCUT2D eigenvalue weighted by Crippen LogP contribution is 2.28. The molecule has 3 heterocycles. The highest BCUT2D eigenvalue weighted by molar-refractivity contribution is 7.89. The van der Waals surface area contributed by atoms with Crippen molar-refractivity contribution in [2.24, 2.45) is 7.05 Å². The maximum absolute atomic E-state index is 13.2. The fourth-order valence-corrected chi connectivity index (χ4v) is 5.54. The van der Waals surface area contributed by atoms with Crippen LogP contribution in [0.4, 0.5) is 0 Å². The topological polar surface area (TPSA) is 84.7 Å². The Balaban J connectivity index is 1.60. The van der Waals surface area contributed by atoms with Gasteiger partial charge in [-0.2, -0.15) is 9.40 Å². The molecule has 0 radical (unpaired) electrons. The Bertz CT molecular complexity index is 1020. The second-order valence-corrected chi connectivity index (χ2v) is 9.72. The molecule has 2 aliphatic rings. The number of rotatable bonds is 5. The van der Waals surface area contributed by atoms with Crippen LogP contribution in [0.25, 0.3) is 0 Å². The molecule has 1 fully saturated rings. The number of carbonyl (C=O) groups excluding carboxylic acids is 1. The summed E-state index contributed by atoms with van der Waals surface area (Å²) in [4.78, 5) is 15.1. The number of benzene rings is 1. The third kappa shape index (κ3) is 3.89. The van der Waals surface area contributed by atoms with E-state index in [4.69, 9.17) is 4.74 Å². The number of carbonyl (C=O) groups is 1. The minimum atomic E-state index is -3.64. The van der Waals surface area contributed by atoms with E-state index in [1.54, 1.807) is 21.7 Å². The van der Waals surface area contributed by atoms with Gasteiger partial charge < -0.3 is 9.64 Å². The van der Waals surface area contributed by atoms with Crippen LogP contribution in [-0.2, 0) is 41.2 Å². The van der Waals surface area contributed by atoms with Crippen molar-refractivity contribution in [1.82, 2.24) is 19.0 Å². The highest BCUT2D eigenvalue weighted by atomic mass is 32.2. The zero-order valence-electron chi connectivity index (χ0n) is 17.5. The first-order valence-corrected chi connectivity index (χ1v) is 11.9. The zero-order valence-corrected chi connectivity index (χ0v) is 18.3. The molecule has 162 valence electrons. The number of ether oxygens (including phenoxy) is 1. The fourth-order valence-electron chi connectivity index (χ4n) is 4.13. The average molecular weight is 433 g/mol. The van der Waals surface area contributed by atoms with E-state index in [1.807, 2.05) is 19.2 Å². The Morgan fingerprint density at radius 1 is 1.13 bits per heavy atom. The van der Waals surface area contributed by atoms with Gasteiger partial charge in [-0.15, -0.1) is 0 Å². The van der Waals surface area contributed by atoms with E-state index in [0.717, 1.165) is 24.1 Å². The van der Waals surface area contributed by atoms with Crippen LogP contribution in [0.2, 0.25) is 0 Å². The van der Waals surface area contributed by atoms with Gasteiger partial charge in [-0.3, -0.25) is 9.48 Å². The summed E-state index contributed by atoms with van der Waals surface area (Å²) in [5.41, 5.74) is 3.12. The summed E-state index contributed by atoms with van der Waals surface area (Å²) >= 11 is 0. The average Bonchev–Trinajstić information content (AvgIpc) is 3.10. The van der Waals surface area contributed by atoms with Crippen molar-refractivity contribution in [2.45, 2.75) is 37.6 Å². The number of aromatic nitrogens is 2. The Labute approximate surface area is 177 Å². The minimum absolute atomic E-state index is 0.154. The third-order valence-corrected chi connectivity index (χ3v) is 7.67. The van der Waals surface area contributed by atoms with Gasteiger partial charge in [-0.05, 0) is 24.1 Å². The van der Waals surface area contributed by atoms with Gasteiger partial charge in [0.25, 0.3) is 5.91 Å². The Hall–Kier alpha value is -2.23. The summed E-state index contributed by atoms with van der Waals surface area (Å²) in [5, 5.41) is 4.45. The number of fused-ring (bicyclic) bond motifs is 1. The molecule has 1 aromatic heterocycles. The molecule has 0 unspecified atom stereocenters. The lowest BCUT2D eigenvalue weighted by molar-refractivity contribution is 0.0297. The number of sulfonamides is 1. The van der Waals surface area contributed by atoms with Gasteiger partial charge in [0.1, 0.15) is 0 Å². The molecular formula is C21H28N4O4S. The summed E-state index contributed by atoms with van der Waals surface area (Å²) in [6.45, 7) is 4.70. The third-order valence-electron chi connectivity index (χ3n) is 5.81. The van der Waals surface area contributed by atoms with E-state index in [-0.39, 0.29) is 17.3 Å². The predicted octanol–water partition coefficient (Wildman–Crippen LogP) is 1.59. The minimum Gasteiger partial charge on any atom is -0.378 e. The number of morpholine rings is 1. The molecule has 1 amide bonds. The molecule has 8 nitrogen and oxygen atoms in total. The van der Waals surface area contributed by atoms with Gasteiger partial charge in [0.2, 0.25) is 10.0 Å². The van der Waals surface area contributed by atoms with Gasteiger partial charge in [-0.25, -0.2) is 8.42 Å². The van der Waals surface area contributed by atoms with Crippen LogP contribution in [0, 0.1) is 0 Å². The molecule has 2 aliphatic heterocycles. The van der Waals surface area contributed by atoms with Crippen LogP contribution in [-0.4, -0.2) is 66.2 Å². The smallest absolute Gasteiger partial charge is 0.274 e. The van der Waals surface area contributed by atoms with Gasteiger partial charge >= 0.3 is 0 Å². The molecule has 1 saturated heterocycles. The molecule has 0 atom stereocenters. The van der Waals surface area contributed by atoms with Gasteiger partial charge in [-0.1, -0.05) is 25.5 Å². The van der Waals surface area contributed by atoms with Crippen molar-refractivity contribution in [1.29, 1.82) is 0 Å². The molecule has 30 heavy (non-hydrogen) atoms.